The minimum absolute atomic E-state index is 0.00152. The van der Waals surface area contributed by atoms with Gasteiger partial charge >= 0.3 is 16.2 Å². The summed E-state index contributed by atoms with van der Waals surface area (Å²) >= 11 is 0. The number of hydrogen-bond donors (Lipinski definition) is 0. The molecule has 0 aliphatic carbocycles. The molecule has 1 aromatic carbocycles. The Labute approximate surface area is 113 Å². The van der Waals surface area contributed by atoms with Crippen molar-refractivity contribution in [3.8, 4) is 0 Å². The number of anilines is 1. The minimum atomic E-state index is -3.64. The Hall–Kier alpha value is -1.60. The van der Waals surface area contributed by atoms with Crippen molar-refractivity contribution in [2.24, 2.45) is 0 Å². The first-order chi connectivity index (χ1) is 8.89. The van der Waals surface area contributed by atoms with E-state index in [1.807, 2.05) is 0 Å². The van der Waals surface area contributed by atoms with E-state index in [1.165, 1.54) is 25.5 Å². The second kappa shape index (κ2) is 6.53. The third-order valence-corrected chi connectivity index (χ3v) is 4.40. The predicted octanol–water partition coefficient (Wildman–Crippen LogP) is 0.862. The van der Waals surface area contributed by atoms with Gasteiger partial charge in [0.05, 0.1) is 19.2 Å². The Kier molecular flexibility index (Phi) is 5.31. The molecule has 1 aromatic rings. The third kappa shape index (κ3) is 3.93. The van der Waals surface area contributed by atoms with Gasteiger partial charge in [0, 0.05) is 20.6 Å². The summed E-state index contributed by atoms with van der Waals surface area (Å²) in [4.78, 5) is 11.2. The zero-order valence-electron chi connectivity index (χ0n) is 11.2. The summed E-state index contributed by atoms with van der Waals surface area (Å²) in [5, 5.41) is 0. The summed E-state index contributed by atoms with van der Waals surface area (Å²) in [7, 11) is 0.532. The van der Waals surface area contributed by atoms with Crippen LogP contribution in [0, 0.1) is 0 Å². The van der Waals surface area contributed by atoms with Crippen LogP contribution in [-0.4, -0.2) is 46.4 Å². The maximum atomic E-state index is 12.2. The van der Waals surface area contributed by atoms with E-state index in [1.54, 1.807) is 30.3 Å². The average Bonchev–Trinajstić information content (AvgIpc) is 2.39. The third-order valence-electron chi connectivity index (χ3n) is 2.53. The summed E-state index contributed by atoms with van der Waals surface area (Å²) in [5.74, 6) is -0.449. The monoisotopic (exact) mass is 286 g/mol. The highest BCUT2D eigenvalue weighted by atomic mass is 32.2. The Balaban J connectivity index is 3.02. The van der Waals surface area contributed by atoms with Crippen molar-refractivity contribution in [2.45, 2.75) is 6.42 Å². The number of para-hydroxylation sites is 1. The molecule has 0 aromatic heterocycles. The Bertz CT molecular complexity index is 514. The molecular weight excluding hydrogens is 268 g/mol. The van der Waals surface area contributed by atoms with E-state index in [4.69, 9.17) is 0 Å². The highest BCUT2D eigenvalue weighted by Gasteiger charge is 2.25. The van der Waals surface area contributed by atoms with Gasteiger partial charge in [-0.2, -0.15) is 12.7 Å². The largest absolute Gasteiger partial charge is 0.469 e. The van der Waals surface area contributed by atoms with Crippen LogP contribution < -0.4 is 4.31 Å². The van der Waals surface area contributed by atoms with Gasteiger partial charge in [-0.25, -0.2) is 0 Å². The number of carbonyl (C=O) groups is 1. The Morgan fingerprint density at radius 2 is 1.79 bits per heavy atom. The normalized spacial score (nSPS) is 11.4. The Morgan fingerprint density at radius 1 is 1.21 bits per heavy atom. The fourth-order valence-electron chi connectivity index (χ4n) is 1.46. The first-order valence-electron chi connectivity index (χ1n) is 5.71. The van der Waals surface area contributed by atoms with Gasteiger partial charge in [-0.3, -0.25) is 9.10 Å². The molecule has 19 heavy (non-hydrogen) atoms. The van der Waals surface area contributed by atoms with Gasteiger partial charge in [-0.05, 0) is 12.1 Å². The van der Waals surface area contributed by atoms with Crippen LogP contribution in [0.15, 0.2) is 30.3 Å². The lowest BCUT2D eigenvalue weighted by molar-refractivity contribution is -0.140. The molecule has 7 heteroatoms. The van der Waals surface area contributed by atoms with Crippen molar-refractivity contribution in [1.29, 1.82) is 0 Å². The van der Waals surface area contributed by atoms with Crippen LogP contribution in [0.4, 0.5) is 5.69 Å². The summed E-state index contributed by atoms with van der Waals surface area (Å²) in [6.07, 6.45) is -0.00152. The van der Waals surface area contributed by atoms with Crippen LogP contribution in [0.5, 0.6) is 0 Å². The number of benzene rings is 1. The molecule has 0 unspecified atom stereocenters. The molecule has 0 heterocycles. The van der Waals surface area contributed by atoms with Crippen molar-refractivity contribution in [1.82, 2.24) is 4.31 Å². The van der Waals surface area contributed by atoms with Crippen LogP contribution in [0.1, 0.15) is 6.42 Å². The van der Waals surface area contributed by atoms with E-state index in [9.17, 15) is 13.2 Å². The SMILES string of the molecule is COC(=O)CCN(c1ccccc1)S(=O)(=O)N(C)C. The lowest BCUT2D eigenvalue weighted by Crippen LogP contribution is -2.41. The maximum Gasteiger partial charge on any atom is 0.307 e. The first-order valence-corrected chi connectivity index (χ1v) is 7.11. The van der Waals surface area contributed by atoms with E-state index >= 15 is 0 Å². The summed E-state index contributed by atoms with van der Waals surface area (Å²) in [5.41, 5.74) is 0.514. The second-order valence-electron chi connectivity index (χ2n) is 4.02. The number of nitrogens with zero attached hydrogens (tertiary/aromatic N) is 2. The molecule has 6 nitrogen and oxygen atoms in total. The van der Waals surface area contributed by atoms with Gasteiger partial charge in [0.15, 0.2) is 0 Å². The molecule has 0 aliphatic heterocycles. The van der Waals surface area contributed by atoms with E-state index in [0.29, 0.717) is 5.69 Å². The van der Waals surface area contributed by atoms with Crippen LogP contribution in [-0.2, 0) is 19.7 Å². The Morgan fingerprint density at radius 3 is 2.26 bits per heavy atom. The molecule has 0 aliphatic rings. The van der Waals surface area contributed by atoms with Crippen LogP contribution >= 0.6 is 0 Å². The number of methoxy groups -OCH3 is 1. The standard InChI is InChI=1S/C12H18N2O4S/c1-13(2)19(16,17)14(10-9-12(15)18-3)11-7-5-4-6-8-11/h4-8H,9-10H2,1-3H3. The molecule has 0 saturated heterocycles. The molecule has 0 spiro atoms. The molecule has 0 atom stereocenters. The van der Waals surface area contributed by atoms with Crippen molar-refractivity contribution in [2.75, 3.05) is 32.1 Å². The highest BCUT2D eigenvalue weighted by Crippen LogP contribution is 2.19. The molecule has 1 rings (SSSR count). The summed E-state index contributed by atoms with van der Waals surface area (Å²) < 4.78 is 31.3. The first kappa shape index (κ1) is 15.5. The lowest BCUT2D eigenvalue weighted by Gasteiger charge is -2.27. The van der Waals surface area contributed by atoms with Crippen molar-refractivity contribution in [3.05, 3.63) is 30.3 Å². The van der Waals surface area contributed by atoms with E-state index in [2.05, 4.69) is 4.74 Å². The van der Waals surface area contributed by atoms with Crippen LogP contribution in [0.25, 0.3) is 0 Å². The van der Waals surface area contributed by atoms with Crippen molar-refractivity contribution < 1.29 is 17.9 Å². The molecule has 0 amide bonds. The summed E-state index contributed by atoms with van der Waals surface area (Å²) in [6, 6.07) is 8.64. The smallest absolute Gasteiger partial charge is 0.307 e. The second-order valence-corrected chi connectivity index (χ2v) is 6.09. The molecule has 0 saturated carbocycles. The number of hydrogen-bond acceptors (Lipinski definition) is 4. The lowest BCUT2D eigenvalue weighted by atomic mass is 10.3. The van der Waals surface area contributed by atoms with Crippen LogP contribution in [0.3, 0.4) is 0 Å². The number of carbonyl (C=O) groups excluding carboxylic acids is 1. The van der Waals surface area contributed by atoms with Gasteiger partial charge in [0.1, 0.15) is 0 Å². The number of rotatable bonds is 6. The van der Waals surface area contributed by atoms with E-state index in [-0.39, 0.29) is 13.0 Å². The highest BCUT2D eigenvalue weighted by molar-refractivity contribution is 7.90. The zero-order chi connectivity index (χ0) is 14.5. The fourth-order valence-corrected chi connectivity index (χ4v) is 2.57. The zero-order valence-corrected chi connectivity index (χ0v) is 12.1. The van der Waals surface area contributed by atoms with Crippen molar-refractivity contribution in [3.63, 3.8) is 0 Å². The van der Waals surface area contributed by atoms with E-state index in [0.717, 1.165) is 4.31 Å². The van der Waals surface area contributed by atoms with Gasteiger partial charge in [-0.15, -0.1) is 0 Å². The predicted molar refractivity (Wildman–Crippen MR) is 73.0 cm³/mol. The number of esters is 1. The molecule has 0 radical (unpaired) electrons. The molecule has 0 N–H and O–H groups in total. The maximum absolute atomic E-state index is 12.2. The van der Waals surface area contributed by atoms with Crippen LogP contribution in [0.2, 0.25) is 0 Å². The van der Waals surface area contributed by atoms with Crippen molar-refractivity contribution >= 4 is 21.9 Å². The quantitative estimate of drug-likeness (QED) is 0.728. The summed E-state index contributed by atoms with van der Waals surface area (Å²) in [6.45, 7) is 0.0389. The van der Waals surface area contributed by atoms with Gasteiger partial charge in [0.2, 0.25) is 0 Å². The van der Waals surface area contributed by atoms with Gasteiger partial charge in [-0.1, -0.05) is 18.2 Å². The topological polar surface area (TPSA) is 66.9 Å². The number of ether oxygens (including phenoxy) is 1. The van der Waals surface area contributed by atoms with E-state index < -0.39 is 16.2 Å². The van der Waals surface area contributed by atoms with Gasteiger partial charge in [0.25, 0.3) is 0 Å². The minimum Gasteiger partial charge on any atom is -0.469 e. The molecular formula is C12H18N2O4S. The fraction of sp³-hybridized carbons (Fsp3) is 0.417. The van der Waals surface area contributed by atoms with Gasteiger partial charge < -0.3 is 4.74 Å². The molecule has 0 fully saturated rings. The molecule has 0 bridgehead atoms. The molecule has 106 valence electrons. The average molecular weight is 286 g/mol.